The van der Waals surface area contributed by atoms with Gasteiger partial charge >= 0.3 is 0 Å². The Morgan fingerprint density at radius 2 is 2.11 bits per heavy atom. The fourth-order valence-electron chi connectivity index (χ4n) is 1.66. The fraction of sp³-hybridized carbons (Fsp3) is 0.167. The maximum Gasteiger partial charge on any atom is 0.237 e. The first-order chi connectivity index (χ1) is 8.72. The van der Waals surface area contributed by atoms with E-state index in [0.29, 0.717) is 18.7 Å². The average molecular weight is 239 g/mol. The zero-order valence-electron chi connectivity index (χ0n) is 9.40. The van der Waals surface area contributed by atoms with Gasteiger partial charge < -0.3 is 5.32 Å². The Balaban J connectivity index is 2.20. The minimum atomic E-state index is -0.245. The number of hydrazone groups is 1. The van der Waals surface area contributed by atoms with Crippen LogP contribution in [0, 0.1) is 22.7 Å². The minimum absolute atomic E-state index is 0.0158. The highest BCUT2D eigenvalue weighted by atomic mass is 16.1. The van der Waals surface area contributed by atoms with Crippen molar-refractivity contribution in [1.82, 2.24) is 5.32 Å². The van der Waals surface area contributed by atoms with Crippen LogP contribution in [-0.4, -0.2) is 11.6 Å². The van der Waals surface area contributed by atoms with Gasteiger partial charge in [-0.25, -0.2) is 0 Å². The molecule has 0 aromatic heterocycles. The van der Waals surface area contributed by atoms with Gasteiger partial charge in [-0.15, -0.1) is 0 Å². The van der Waals surface area contributed by atoms with Crippen LogP contribution in [0.4, 0.5) is 5.69 Å². The molecule has 0 radical (unpaired) electrons. The van der Waals surface area contributed by atoms with Crippen molar-refractivity contribution in [2.75, 3.05) is 5.43 Å². The smallest absolute Gasteiger partial charge is 0.237 e. The minimum Gasteiger partial charge on any atom is -0.352 e. The van der Waals surface area contributed by atoms with Crippen molar-refractivity contribution in [2.45, 2.75) is 13.0 Å². The van der Waals surface area contributed by atoms with Crippen molar-refractivity contribution in [2.24, 2.45) is 5.10 Å². The Kier molecular flexibility index (Phi) is 3.22. The lowest BCUT2D eigenvalue weighted by Gasteiger charge is -2.17. The van der Waals surface area contributed by atoms with Gasteiger partial charge in [0.05, 0.1) is 12.1 Å². The number of carbonyl (C=O) groups is 1. The summed E-state index contributed by atoms with van der Waals surface area (Å²) in [6, 6.07) is 8.77. The number of nitrogens with zero attached hydrogens (tertiary/aromatic N) is 3. The molecule has 0 aliphatic carbocycles. The normalized spacial score (nSPS) is 12.4. The summed E-state index contributed by atoms with van der Waals surface area (Å²) >= 11 is 0. The van der Waals surface area contributed by atoms with E-state index in [1.165, 1.54) is 0 Å². The Labute approximate surface area is 104 Å². The van der Waals surface area contributed by atoms with Gasteiger partial charge in [-0.2, -0.15) is 15.6 Å². The molecule has 18 heavy (non-hydrogen) atoms. The topological polar surface area (TPSA) is 101 Å². The number of rotatable bonds is 2. The molecule has 1 heterocycles. The van der Waals surface area contributed by atoms with Crippen LogP contribution in [0.1, 0.15) is 11.1 Å². The number of carbonyl (C=O) groups excluding carboxylic acids is 1. The van der Waals surface area contributed by atoms with Crippen molar-refractivity contribution in [3.63, 3.8) is 0 Å². The zero-order chi connectivity index (χ0) is 13.0. The summed E-state index contributed by atoms with van der Waals surface area (Å²) in [5.41, 5.74) is 5.01. The number of hydrogen-bond acceptors (Lipinski definition) is 5. The van der Waals surface area contributed by atoms with Gasteiger partial charge in [0.15, 0.2) is 0 Å². The van der Waals surface area contributed by atoms with Gasteiger partial charge in [0.2, 0.25) is 11.6 Å². The summed E-state index contributed by atoms with van der Waals surface area (Å²) in [7, 11) is 0. The fourth-order valence-corrected chi connectivity index (χ4v) is 1.66. The average Bonchev–Trinajstić information content (AvgIpc) is 2.39. The summed E-state index contributed by atoms with van der Waals surface area (Å²) in [6.07, 6.45) is 0.331. The lowest BCUT2D eigenvalue weighted by atomic mass is 10.0. The second-order valence-corrected chi connectivity index (χ2v) is 3.73. The van der Waals surface area contributed by atoms with Crippen molar-refractivity contribution >= 4 is 17.3 Å². The maximum atomic E-state index is 11.3. The Morgan fingerprint density at radius 3 is 2.83 bits per heavy atom. The quantitative estimate of drug-likeness (QED) is 0.585. The molecular weight excluding hydrogens is 230 g/mol. The largest absolute Gasteiger partial charge is 0.352 e. The predicted octanol–water partition coefficient (Wildman–Crippen LogP) is 0.674. The number of amides is 1. The van der Waals surface area contributed by atoms with E-state index in [0.717, 1.165) is 11.1 Å². The molecule has 0 saturated heterocycles. The van der Waals surface area contributed by atoms with Crippen molar-refractivity contribution in [3.8, 4) is 12.1 Å². The molecule has 1 amide bonds. The number of hydrogen-bond donors (Lipinski definition) is 2. The molecule has 6 heteroatoms. The highest BCUT2D eigenvalue weighted by Crippen LogP contribution is 2.19. The molecule has 0 unspecified atom stereocenters. The Hall–Kier alpha value is -2.86. The van der Waals surface area contributed by atoms with Crippen LogP contribution in [0.2, 0.25) is 0 Å². The monoisotopic (exact) mass is 239 g/mol. The molecule has 88 valence electrons. The summed E-state index contributed by atoms with van der Waals surface area (Å²) in [6.45, 7) is 0.527. The molecule has 2 N–H and O–H groups in total. The first kappa shape index (κ1) is 11.6. The lowest BCUT2D eigenvalue weighted by molar-refractivity contribution is -0.121. The number of anilines is 1. The van der Waals surface area contributed by atoms with E-state index in [-0.39, 0.29) is 11.6 Å². The molecule has 1 aromatic carbocycles. The summed E-state index contributed by atoms with van der Waals surface area (Å²) < 4.78 is 0. The van der Waals surface area contributed by atoms with Gasteiger partial charge in [0.25, 0.3) is 0 Å². The van der Waals surface area contributed by atoms with E-state index in [1.54, 1.807) is 24.3 Å². The maximum absolute atomic E-state index is 11.3. The number of nitriles is 2. The third kappa shape index (κ3) is 2.45. The van der Waals surface area contributed by atoms with Gasteiger partial charge in [-0.1, -0.05) is 6.07 Å². The first-order valence-corrected chi connectivity index (χ1v) is 5.25. The highest BCUT2D eigenvalue weighted by Gasteiger charge is 2.14. The molecule has 0 atom stereocenters. The van der Waals surface area contributed by atoms with Gasteiger partial charge in [-0.3, -0.25) is 10.2 Å². The molecule has 1 aromatic rings. The molecular formula is C12H9N5O. The second-order valence-electron chi connectivity index (χ2n) is 3.73. The molecule has 0 fully saturated rings. The molecule has 6 nitrogen and oxygen atoms in total. The third-order valence-corrected chi connectivity index (χ3v) is 2.54. The van der Waals surface area contributed by atoms with Gasteiger partial charge in [-0.05, 0) is 23.3 Å². The lowest BCUT2D eigenvalue weighted by Crippen LogP contribution is -2.30. The summed E-state index contributed by atoms with van der Waals surface area (Å²) in [4.78, 5) is 11.3. The summed E-state index contributed by atoms with van der Waals surface area (Å²) in [5, 5.41) is 23.5. The van der Waals surface area contributed by atoms with Crippen LogP contribution in [0.15, 0.2) is 23.3 Å². The third-order valence-electron chi connectivity index (χ3n) is 2.54. The van der Waals surface area contributed by atoms with Crippen LogP contribution in [0.3, 0.4) is 0 Å². The SMILES string of the molecule is N#CC(C#N)=NNc1ccc2c(c1)CC(=O)NC2. The molecule has 1 aliphatic rings. The number of fused-ring (bicyclic) bond motifs is 1. The van der Waals surface area contributed by atoms with E-state index in [4.69, 9.17) is 10.5 Å². The molecule has 0 saturated carbocycles. The second kappa shape index (κ2) is 4.98. The van der Waals surface area contributed by atoms with Crippen LogP contribution in [0.25, 0.3) is 0 Å². The zero-order valence-corrected chi connectivity index (χ0v) is 9.40. The number of benzene rings is 1. The van der Waals surface area contributed by atoms with E-state index in [1.807, 2.05) is 6.07 Å². The molecule has 1 aliphatic heterocycles. The van der Waals surface area contributed by atoms with Crippen molar-refractivity contribution < 1.29 is 4.79 Å². The first-order valence-electron chi connectivity index (χ1n) is 5.25. The van der Waals surface area contributed by atoms with Gasteiger partial charge in [0.1, 0.15) is 12.1 Å². The Morgan fingerprint density at radius 1 is 1.33 bits per heavy atom. The van der Waals surface area contributed by atoms with E-state index >= 15 is 0 Å². The standard InChI is InChI=1S/C12H9N5O/c13-5-11(6-14)17-16-10-2-1-8-7-15-12(18)4-9(8)3-10/h1-3,16H,4,7H2,(H,15,18). The highest BCUT2D eigenvalue weighted by molar-refractivity contribution is 6.10. The van der Waals surface area contributed by atoms with Crippen molar-refractivity contribution in [3.05, 3.63) is 29.3 Å². The van der Waals surface area contributed by atoms with Crippen LogP contribution >= 0.6 is 0 Å². The van der Waals surface area contributed by atoms with Crippen LogP contribution in [-0.2, 0) is 17.8 Å². The van der Waals surface area contributed by atoms with E-state index < -0.39 is 0 Å². The van der Waals surface area contributed by atoms with Crippen molar-refractivity contribution in [1.29, 1.82) is 10.5 Å². The Bertz CT molecular complexity index is 590. The predicted molar refractivity (Wildman–Crippen MR) is 64.3 cm³/mol. The molecule has 0 spiro atoms. The number of nitrogens with one attached hydrogen (secondary N) is 2. The van der Waals surface area contributed by atoms with Crippen LogP contribution < -0.4 is 10.7 Å². The molecule has 2 rings (SSSR count). The van der Waals surface area contributed by atoms with E-state index in [2.05, 4.69) is 15.8 Å². The summed E-state index contributed by atoms with van der Waals surface area (Å²) in [5.74, 6) is -0.0158. The molecule has 0 bridgehead atoms. The van der Waals surface area contributed by atoms with E-state index in [9.17, 15) is 4.79 Å². The van der Waals surface area contributed by atoms with Gasteiger partial charge in [0, 0.05) is 6.54 Å². The van der Waals surface area contributed by atoms with Crippen LogP contribution in [0.5, 0.6) is 0 Å².